The van der Waals surface area contributed by atoms with Crippen LogP contribution in [0.1, 0.15) is 0 Å². The molecule has 13 nitrogen and oxygen atoms in total. The standard InChI is InChI=1S/C52H34N4.C47H26N2O3.C33H22N4/c1-3-15-35(16-4-1)36-27-29-37(30-28-36)46-34-47(54-52(53-46)38-17-5-2-6-18-38)39-31-40(55-48-23-11-7-19-42(48)43-20-8-12-24-49(43)55)33-41(32-39)56-50-25-13-9-21-44(50)45-22-10-14-26-51(45)56;1-3-8-41-32(6-1)36-24-29(13-18-43(36)50-41)27-11-16-39-34(22-27)35-23-28(30-14-19-44-37(25-30)33-7-2-4-9-42(33)51-44)12-17-40(35)49(39)31-15-20-45-38(26-31)47-46(52-45)10-5-21-48-47;1-3-13-23(14-4-1)31-34-32(24-15-5-2-6-16-24)36-33(35-31)27-19-9-12-22-30(27)37-28-20-10-7-17-25(28)26-18-8-11-21-29(26)37/h1-34H;1-26H;1-22H. The average Bonchev–Trinajstić information content (AvgIpc) is 1.57. The molecule has 0 saturated heterocycles. The number of furan rings is 3. The zero-order valence-corrected chi connectivity index (χ0v) is 78.0. The Balaban J connectivity index is 0.000000108. The fraction of sp³-hybridized carbons (Fsp3) is 0. The molecule has 13 heteroatoms. The minimum atomic E-state index is 0.644. The zero-order chi connectivity index (χ0) is 95.5. The molecule has 30 rings (SSSR count). The van der Waals surface area contributed by atoms with Gasteiger partial charge in [0.15, 0.2) is 28.9 Å². The van der Waals surface area contributed by atoms with Crippen molar-refractivity contribution >= 4 is 153 Å². The maximum absolute atomic E-state index is 6.16. The molecule has 0 saturated carbocycles. The third-order valence-corrected chi connectivity index (χ3v) is 28.2. The van der Waals surface area contributed by atoms with Gasteiger partial charge >= 0.3 is 0 Å². The van der Waals surface area contributed by atoms with E-state index in [-0.39, 0.29) is 0 Å². The molecule has 20 aromatic carbocycles. The van der Waals surface area contributed by atoms with Gasteiger partial charge in [0.25, 0.3) is 0 Å². The topological polar surface area (TPSA) is 136 Å². The number of fused-ring (bicyclic) bond motifs is 21. The summed E-state index contributed by atoms with van der Waals surface area (Å²) in [7, 11) is 0. The van der Waals surface area contributed by atoms with E-state index in [0.29, 0.717) is 23.3 Å². The number of hydrogen-bond acceptors (Lipinski definition) is 9. The molecule has 0 bridgehead atoms. The van der Waals surface area contributed by atoms with E-state index in [1.807, 2.05) is 134 Å². The first-order chi connectivity index (χ1) is 71.9. The van der Waals surface area contributed by atoms with Gasteiger partial charge in [-0.2, -0.15) is 0 Å². The van der Waals surface area contributed by atoms with Crippen molar-refractivity contribution in [2.75, 3.05) is 0 Å². The SMILES string of the molecule is c1ccc(-c2ccc(-c3cc(-c4cc(-n5c6ccccc6c6ccccc65)cc(-n5c6ccccc6c6ccccc65)c4)nc(-c4ccccc4)n3)cc2)cc1.c1ccc(-c2nc(-c3ccccc3)nc(-c3ccccc3-n3c4ccccc4c4ccccc43)n2)cc1.c1ccc2c(c1)oc1ccc(-c3ccc4c(c3)c3cc(-c5ccc6oc7ccccc7c6c5)ccc3n4-c3ccc4oc5cccnc5c4c3)cc12. The normalized spacial score (nSPS) is 11.7. The minimum Gasteiger partial charge on any atom is -0.456 e. The Morgan fingerprint density at radius 1 is 0.159 bits per heavy atom. The van der Waals surface area contributed by atoms with Gasteiger partial charge < -0.3 is 31.5 Å². The Hall–Kier alpha value is -19.8. The van der Waals surface area contributed by atoms with Crippen molar-refractivity contribution in [1.82, 2.24) is 48.2 Å². The lowest BCUT2D eigenvalue weighted by Crippen LogP contribution is -2.03. The van der Waals surface area contributed by atoms with Gasteiger partial charge in [0.2, 0.25) is 0 Å². The molecule has 0 fully saturated rings. The van der Waals surface area contributed by atoms with E-state index in [0.717, 1.165) is 200 Å². The van der Waals surface area contributed by atoms with Crippen molar-refractivity contribution < 1.29 is 13.3 Å². The summed E-state index contributed by atoms with van der Waals surface area (Å²) in [5, 5.41) is 15.2. The largest absolute Gasteiger partial charge is 0.456 e. The summed E-state index contributed by atoms with van der Waals surface area (Å²) in [6.45, 7) is 0. The number of aromatic nitrogens is 10. The summed E-state index contributed by atoms with van der Waals surface area (Å²) >= 11 is 0. The van der Waals surface area contributed by atoms with Crippen molar-refractivity contribution in [1.29, 1.82) is 0 Å². The highest BCUT2D eigenvalue weighted by molar-refractivity contribution is 6.16. The van der Waals surface area contributed by atoms with Crippen LogP contribution in [0.2, 0.25) is 0 Å². The number of hydrogen-bond donors (Lipinski definition) is 0. The van der Waals surface area contributed by atoms with Crippen LogP contribution in [-0.4, -0.2) is 48.2 Å². The van der Waals surface area contributed by atoms with Gasteiger partial charge in [0, 0.05) is 127 Å². The monoisotopic (exact) mass is 1850 g/mol. The van der Waals surface area contributed by atoms with E-state index in [1.165, 1.54) is 54.2 Å². The summed E-state index contributed by atoms with van der Waals surface area (Å²) in [5.41, 5.74) is 34.0. The van der Waals surface area contributed by atoms with Gasteiger partial charge in [0.1, 0.15) is 33.4 Å². The summed E-state index contributed by atoms with van der Waals surface area (Å²) in [4.78, 5) is 30.0. The second-order valence-electron chi connectivity index (χ2n) is 36.7. The van der Waals surface area contributed by atoms with Gasteiger partial charge in [-0.05, 0) is 197 Å². The van der Waals surface area contributed by atoms with Gasteiger partial charge in [-0.1, -0.05) is 328 Å². The lowest BCUT2D eigenvalue weighted by Gasteiger charge is -2.16. The number of para-hydroxylation sites is 9. The molecule has 0 radical (unpaired) electrons. The number of nitrogens with zero attached hydrogens (tertiary/aromatic N) is 10. The van der Waals surface area contributed by atoms with E-state index in [9.17, 15) is 0 Å². The van der Waals surface area contributed by atoms with Gasteiger partial charge in [-0.3, -0.25) is 4.98 Å². The number of pyridine rings is 1. The van der Waals surface area contributed by atoms with Crippen LogP contribution in [0.15, 0.2) is 511 Å². The molecule has 10 aromatic heterocycles. The summed E-state index contributed by atoms with van der Waals surface area (Å²) in [6.07, 6.45) is 1.82. The first-order valence-corrected chi connectivity index (χ1v) is 48.7. The molecule has 0 N–H and O–H groups in total. The molecule has 0 aliphatic rings. The molecular formula is C132H82N10O3. The van der Waals surface area contributed by atoms with E-state index < -0.39 is 0 Å². The average molecular weight is 1860 g/mol. The highest BCUT2D eigenvalue weighted by atomic mass is 16.3. The van der Waals surface area contributed by atoms with Crippen LogP contribution in [0.5, 0.6) is 0 Å². The first kappa shape index (κ1) is 83.4. The third-order valence-electron chi connectivity index (χ3n) is 28.2. The predicted molar refractivity (Wildman–Crippen MR) is 594 cm³/mol. The molecule has 0 atom stereocenters. The van der Waals surface area contributed by atoms with Gasteiger partial charge in [0.05, 0.1) is 61.2 Å². The van der Waals surface area contributed by atoms with Gasteiger partial charge in [-0.25, -0.2) is 24.9 Å². The van der Waals surface area contributed by atoms with Crippen molar-refractivity contribution in [3.8, 4) is 124 Å². The van der Waals surface area contributed by atoms with Crippen LogP contribution in [0.25, 0.3) is 277 Å². The molecule has 0 spiro atoms. The van der Waals surface area contributed by atoms with E-state index in [2.05, 4.69) is 387 Å². The molecule has 678 valence electrons. The Bertz CT molecular complexity index is 9850. The molecule has 0 aliphatic carbocycles. The molecular weight excluding hydrogens is 1770 g/mol. The zero-order valence-electron chi connectivity index (χ0n) is 78.0. The van der Waals surface area contributed by atoms with Crippen LogP contribution in [0.4, 0.5) is 0 Å². The second-order valence-corrected chi connectivity index (χ2v) is 36.7. The Kier molecular flexibility index (Phi) is 20.0. The van der Waals surface area contributed by atoms with Crippen molar-refractivity contribution in [2.24, 2.45) is 0 Å². The van der Waals surface area contributed by atoms with Crippen molar-refractivity contribution in [3.05, 3.63) is 498 Å². The van der Waals surface area contributed by atoms with Crippen molar-refractivity contribution in [2.45, 2.75) is 0 Å². The Morgan fingerprint density at radius 3 is 0.952 bits per heavy atom. The Labute approximate surface area is 830 Å². The highest BCUT2D eigenvalue weighted by Crippen LogP contribution is 2.46. The van der Waals surface area contributed by atoms with E-state index in [4.69, 9.17) is 38.2 Å². The molecule has 0 aliphatic heterocycles. The predicted octanol–water partition coefficient (Wildman–Crippen LogP) is 34.5. The molecule has 145 heavy (non-hydrogen) atoms. The maximum atomic E-state index is 6.16. The Morgan fingerprint density at radius 2 is 0.476 bits per heavy atom. The fourth-order valence-corrected chi connectivity index (χ4v) is 21.5. The van der Waals surface area contributed by atoms with Crippen LogP contribution in [0.3, 0.4) is 0 Å². The van der Waals surface area contributed by atoms with E-state index >= 15 is 0 Å². The third kappa shape index (κ3) is 14.5. The van der Waals surface area contributed by atoms with Crippen molar-refractivity contribution in [3.63, 3.8) is 0 Å². The highest BCUT2D eigenvalue weighted by Gasteiger charge is 2.26. The molecule has 10 heterocycles. The van der Waals surface area contributed by atoms with Crippen LogP contribution < -0.4 is 0 Å². The quantitative estimate of drug-likeness (QED) is 0.110. The fourth-order valence-electron chi connectivity index (χ4n) is 21.5. The first-order valence-electron chi connectivity index (χ1n) is 48.7. The minimum absolute atomic E-state index is 0.644. The lowest BCUT2D eigenvalue weighted by molar-refractivity contribution is 0.668. The molecule has 30 aromatic rings. The maximum Gasteiger partial charge on any atom is 0.166 e. The smallest absolute Gasteiger partial charge is 0.166 e. The lowest BCUT2D eigenvalue weighted by atomic mass is 9.98. The summed E-state index contributed by atoms with van der Waals surface area (Å²) in [5.74, 6) is 2.64. The van der Waals surface area contributed by atoms with E-state index in [1.54, 1.807) is 0 Å². The number of rotatable bonds is 13. The van der Waals surface area contributed by atoms with Crippen LogP contribution in [-0.2, 0) is 0 Å². The second kappa shape index (κ2) is 34.7. The summed E-state index contributed by atoms with van der Waals surface area (Å²) < 4.78 is 27.9. The van der Waals surface area contributed by atoms with Gasteiger partial charge in [-0.15, -0.1) is 0 Å². The van der Waals surface area contributed by atoms with Crippen LogP contribution >= 0.6 is 0 Å². The molecule has 0 unspecified atom stereocenters. The summed E-state index contributed by atoms with van der Waals surface area (Å²) in [6, 6.07) is 172. The van der Waals surface area contributed by atoms with Crippen LogP contribution in [0, 0.1) is 0 Å². The number of benzene rings is 20. The molecule has 0 amide bonds.